The molecule has 0 aliphatic carbocycles. The van der Waals surface area contributed by atoms with Crippen LogP contribution >= 0.6 is 0 Å². The first-order valence-electron chi connectivity index (χ1n) is 7.44. The Hall–Kier alpha value is -0.610. The van der Waals surface area contributed by atoms with Gasteiger partial charge >= 0.3 is 0 Å². The Kier molecular flexibility index (Phi) is 5.01. The summed E-state index contributed by atoms with van der Waals surface area (Å²) >= 11 is 0. The minimum atomic E-state index is 0.321. The van der Waals surface area contributed by atoms with Gasteiger partial charge in [-0.15, -0.1) is 0 Å². The predicted molar refractivity (Wildman–Crippen MR) is 76.0 cm³/mol. The van der Waals surface area contributed by atoms with E-state index in [0.29, 0.717) is 11.9 Å². The van der Waals surface area contributed by atoms with Crippen LogP contribution in [0.15, 0.2) is 0 Å². The zero-order valence-electron chi connectivity index (χ0n) is 11.7. The Morgan fingerprint density at radius 3 is 2.39 bits per heavy atom. The minimum Gasteiger partial charge on any atom is -0.388 e. The third-order valence-electron chi connectivity index (χ3n) is 4.50. The summed E-state index contributed by atoms with van der Waals surface area (Å²) in [5.41, 5.74) is 5.49. The third-order valence-corrected chi connectivity index (χ3v) is 4.50. The van der Waals surface area contributed by atoms with Crippen LogP contribution in [-0.2, 0) is 0 Å². The van der Waals surface area contributed by atoms with Crippen LogP contribution in [0.25, 0.3) is 0 Å². The second-order valence-electron chi connectivity index (χ2n) is 6.07. The van der Waals surface area contributed by atoms with Crippen molar-refractivity contribution in [3.05, 3.63) is 0 Å². The van der Waals surface area contributed by atoms with Crippen molar-refractivity contribution in [2.75, 3.05) is 32.7 Å². The third kappa shape index (κ3) is 3.95. The molecule has 18 heavy (non-hydrogen) atoms. The van der Waals surface area contributed by atoms with Crippen molar-refractivity contribution in [1.29, 1.82) is 5.41 Å². The van der Waals surface area contributed by atoms with Crippen molar-refractivity contribution in [2.24, 2.45) is 11.7 Å². The number of hydrogen-bond donors (Lipinski definition) is 2. The van der Waals surface area contributed by atoms with Crippen molar-refractivity contribution >= 4 is 5.84 Å². The summed E-state index contributed by atoms with van der Waals surface area (Å²) in [5, 5.41) is 7.38. The summed E-state index contributed by atoms with van der Waals surface area (Å²) in [4.78, 5) is 5.14. The number of nitrogens with two attached hydrogens (primary N) is 1. The number of nitrogens with zero attached hydrogens (tertiary/aromatic N) is 2. The molecule has 3 N–H and O–H groups in total. The Balaban J connectivity index is 1.68. The summed E-state index contributed by atoms with van der Waals surface area (Å²) in [6, 6.07) is 0.440. The van der Waals surface area contributed by atoms with E-state index in [1.54, 1.807) is 0 Å². The van der Waals surface area contributed by atoms with Crippen molar-refractivity contribution in [2.45, 2.75) is 45.1 Å². The van der Waals surface area contributed by atoms with Gasteiger partial charge in [-0.25, -0.2) is 0 Å². The second kappa shape index (κ2) is 6.53. The number of amidine groups is 1. The highest BCUT2D eigenvalue weighted by Crippen LogP contribution is 2.22. The van der Waals surface area contributed by atoms with Crippen LogP contribution in [0.5, 0.6) is 0 Å². The maximum Gasteiger partial charge on any atom is 0.0920 e. The molecule has 2 aliphatic rings. The largest absolute Gasteiger partial charge is 0.388 e. The molecule has 0 aromatic rings. The quantitative estimate of drug-likeness (QED) is 0.576. The van der Waals surface area contributed by atoms with Gasteiger partial charge in [0.1, 0.15) is 0 Å². The van der Waals surface area contributed by atoms with Gasteiger partial charge < -0.3 is 15.5 Å². The molecule has 4 nitrogen and oxygen atoms in total. The SMILES string of the molecule is CC(CC(=N)N)N1CCC(CN2CCCC2)CC1. The van der Waals surface area contributed by atoms with Crippen LogP contribution in [0.2, 0.25) is 0 Å². The molecule has 0 aromatic heterocycles. The molecule has 0 amide bonds. The summed E-state index contributed by atoms with van der Waals surface area (Å²) in [6.45, 7) is 8.53. The predicted octanol–water partition coefficient (Wildman–Crippen LogP) is 1.51. The maximum atomic E-state index is 7.38. The number of hydrogen-bond acceptors (Lipinski definition) is 3. The van der Waals surface area contributed by atoms with E-state index < -0.39 is 0 Å². The monoisotopic (exact) mass is 252 g/mol. The van der Waals surface area contributed by atoms with Crippen molar-refractivity contribution in [3.8, 4) is 0 Å². The van der Waals surface area contributed by atoms with E-state index in [2.05, 4.69) is 16.7 Å². The van der Waals surface area contributed by atoms with Crippen LogP contribution in [0.4, 0.5) is 0 Å². The Morgan fingerprint density at radius 1 is 1.22 bits per heavy atom. The molecule has 1 unspecified atom stereocenters. The van der Waals surface area contributed by atoms with Crippen LogP contribution in [0, 0.1) is 11.3 Å². The topological polar surface area (TPSA) is 56.4 Å². The molecule has 0 radical (unpaired) electrons. The Labute approximate surface area is 111 Å². The Bertz CT molecular complexity index is 265. The summed E-state index contributed by atoms with van der Waals surface area (Å²) < 4.78 is 0. The zero-order chi connectivity index (χ0) is 13.0. The molecule has 4 heteroatoms. The first kappa shape index (κ1) is 13.8. The molecular weight excluding hydrogens is 224 g/mol. The highest BCUT2D eigenvalue weighted by Gasteiger charge is 2.25. The molecule has 2 aliphatic heterocycles. The highest BCUT2D eigenvalue weighted by molar-refractivity contribution is 5.77. The van der Waals surface area contributed by atoms with Gasteiger partial charge in [0, 0.05) is 19.0 Å². The molecule has 0 aromatic carbocycles. The van der Waals surface area contributed by atoms with E-state index in [1.807, 2.05) is 0 Å². The summed E-state index contributed by atoms with van der Waals surface area (Å²) in [5.74, 6) is 1.21. The van der Waals surface area contributed by atoms with Gasteiger partial charge in [0.05, 0.1) is 5.84 Å². The lowest BCUT2D eigenvalue weighted by Gasteiger charge is -2.37. The van der Waals surface area contributed by atoms with Gasteiger partial charge in [-0.05, 0) is 64.7 Å². The van der Waals surface area contributed by atoms with Gasteiger partial charge in [0.25, 0.3) is 0 Å². The molecule has 0 saturated carbocycles. The lowest BCUT2D eigenvalue weighted by atomic mass is 9.95. The fourth-order valence-electron chi connectivity index (χ4n) is 3.35. The van der Waals surface area contributed by atoms with Crippen molar-refractivity contribution < 1.29 is 0 Å². The van der Waals surface area contributed by atoms with Gasteiger partial charge in [-0.2, -0.15) is 0 Å². The van der Waals surface area contributed by atoms with E-state index >= 15 is 0 Å². The summed E-state index contributed by atoms with van der Waals surface area (Å²) in [6.07, 6.45) is 6.15. The first-order valence-corrected chi connectivity index (χ1v) is 7.44. The number of piperidine rings is 1. The van der Waals surface area contributed by atoms with Gasteiger partial charge in [-0.1, -0.05) is 0 Å². The Morgan fingerprint density at radius 2 is 1.83 bits per heavy atom. The summed E-state index contributed by atoms with van der Waals surface area (Å²) in [7, 11) is 0. The molecule has 1 atom stereocenters. The second-order valence-corrected chi connectivity index (χ2v) is 6.07. The molecule has 104 valence electrons. The average Bonchev–Trinajstić information content (AvgIpc) is 2.82. The van der Waals surface area contributed by atoms with Gasteiger partial charge in [0.15, 0.2) is 0 Å². The van der Waals surface area contributed by atoms with Gasteiger partial charge in [-0.3, -0.25) is 5.41 Å². The highest BCUT2D eigenvalue weighted by atomic mass is 15.2. The molecule has 0 spiro atoms. The minimum absolute atomic E-state index is 0.321. The fourth-order valence-corrected chi connectivity index (χ4v) is 3.35. The average molecular weight is 252 g/mol. The number of rotatable bonds is 5. The molecule has 2 heterocycles. The standard InChI is InChI=1S/C14H28N4/c1-12(10-14(15)16)18-8-4-13(5-9-18)11-17-6-2-3-7-17/h12-13H,2-11H2,1H3,(H3,15,16). The normalized spacial score (nSPS) is 25.4. The van der Waals surface area contributed by atoms with Crippen LogP contribution < -0.4 is 5.73 Å². The number of likely N-dealkylation sites (tertiary alicyclic amines) is 2. The lowest BCUT2D eigenvalue weighted by molar-refractivity contribution is 0.124. The van der Waals surface area contributed by atoms with E-state index in [1.165, 1.54) is 58.4 Å². The number of nitrogens with one attached hydrogen (secondary N) is 1. The zero-order valence-corrected chi connectivity index (χ0v) is 11.7. The van der Waals surface area contributed by atoms with E-state index in [9.17, 15) is 0 Å². The molecule has 2 rings (SSSR count). The lowest BCUT2D eigenvalue weighted by Crippen LogP contribution is -2.43. The molecule has 2 fully saturated rings. The van der Waals surface area contributed by atoms with Gasteiger partial charge in [0.2, 0.25) is 0 Å². The van der Waals surface area contributed by atoms with E-state index in [0.717, 1.165) is 12.3 Å². The van der Waals surface area contributed by atoms with Crippen LogP contribution in [-0.4, -0.2) is 54.4 Å². The first-order chi connectivity index (χ1) is 8.65. The smallest absolute Gasteiger partial charge is 0.0920 e. The maximum absolute atomic E-state index is 7.38. The molecular formula is C14H28N4. The van der Waals surface area contributed by atoms with Crippen molar-refractivity contribution in [1.82, 2.24) is 9.80 Å². The van der Waals surface area contributed by atoms with Crippen LogP contribution in [0.3, 0.4) is 0 Å². The van der Waals surface area contributed by atoms with E-state index in [-0.39, 0.29) is 0 Å². The molecule has 2 saturated heterocycles. The van der Waals surface area contributed by atoms with Crippen molar-refractivity contribution in [3.63, 3.8) is 0 Å². The molecule has 0 bridgehead atoms. The van der Waals surface area contributed by atoms with E-state index in [4.69, 9.17) is 11.1 Å². The fraction of sp³-hybridized carbons (Fsp3) is 0.929. The van der Waals surface area contributed by atoms with Crippen LogP contribution in [0.1, 0.15) is 39.0 Å².